The molecule has 3 heteroatoms. The van der Waals surface area contributed by atoms with Gasteiger partial charge in [-0.2, -0.15) is 0 Å². The van der Waals surface area contributed by atoms with Crippen molar-refractivity contribution >= 4 is 15.9 Å². The van der Waals surface area contributed by atoms with Gasteiger partial charge in [-0.25, -0.2) is 0 Å². The van der Waals surface area contributed by atoms with Crippen molar-refractivity contribution in [3.8, 4) is 0 Å². The molecule has 0 aromatic rings. The van der Waals surface area contributed by atoms with Gasteiger partial charge in [-0.05, 0) is 19.3 Å². The Morgan fingerprint density at radius 3 is 2.36 bits per heavy atom. The maximum Gasteiger partial charge on any atom is 0.0591 e. The van der Waals surface area contributed by atoms with Gasteiger partial charge in [0.1, 0.15) is 0 Å². The van der Waals surface area contributed by atoms with Crippen molar-refractivity contribution in [1.29, 1.82) is 0 Å². The summed E-state index contributed by atoms with van der Waals surface area (Å²) in [6.07, 6.45) is 1.16. The van der Waals surface area contributed by atoms with Gasteiger partial charge in [0.25, 0.3) is 0 Å². The highest BCUT2D eigenvalue weighted by atomic mass is 79.9. The molecule has 0 aromatic carbocycles. The Morgan fingerprint density at radius 2 is 1.86 bits per heavy atom. The predicted octanol–water partition coefficient (Wildman–Crippen LogP) is 2.81. The molecule has 0 bridgehead atoms. The average Bonchev–Trinajstić information content (AvgIpc) is 2.01. The minimum atomic E-state index is 0.562. The molecule has 1 N–H and O–H groups in total. The Hall–Kier alpha value is 0.400. The first kappa shape index (κ1) is 14.4. The third kappa shape index (κ3) is 10.5. The molecule has 0 spiro atoms. The molecule has 2 nitrogen and oxygen atoms in total. The zero-order valence-electron chi connectivity index (χ0n) is 9.85. The van der Waals surface area contributed by atoms with E-state index in [0.717, 1.165) is 26.2 Å². The van der Waals surface area contributed by atoms with Gasteiger partial charge in [0.15, 0.2) is 0 Å². The van der Waals surface area contributed by atoms with Crippen LogP contribution in [0.25, 0.3) is 0 Å². The molecular weight excluding hydrogens is 242 g/mol. The van der Waals surface area contributed by atoms with Crippen LogP contribution in [0.4, 0.5) is 0 Å². The van der Waals surface area contributed by atoms with Gasteiger partial charge in [0.05, 0.1) is 6.61 Å². The van der Waals surface area contributed by atoms with Gasteiger partial charge < -0.3 is 10.1 Å². The van der Waals surface area contributed by atoms with Gasteiger partial charge in [0, 0.05) is 24.0 Å². The number of nitrogens with one attached hydrogen (secondary N) is 1. The van der Waals surface area contributed by atoms with Crippen molar-refractivity contribution in [2.45, 2.75) is 45.0 Å². The van der Waals surface area contributed by atoms with Crippen molar-refractivity contribution in [3.63, 3.8) is 0 Å². The third-order valence-corrected chi connectivity index (χ3v) is 2.24. The molecule has 0 aliphatic rings. The fraction of sp³-hybridized carbons (Fsp3) is 1.00. The van der Waals surface area contributed by atoms with Crippen LogP contribution in [-0.4, -0.2) is 30.6 Å². The van der Waals surface area contributed by atoms with Gasteiger partial charge >= 0.3 is 0 Å². The van der Waals surface area contributed by atoms with Crippen LogP contribution in [-0.2, 0) is 4.74 Å². The van der Waals surface area contributed by atoms with Crippen molar-refractivity contribution in [3.05, 3.63) is 0 Å². The monoisotopic (exact) mass is 265 g/mol. The highest BCUT2D eigenvalue weighted by Crippen LogP contribution is 2.05. The van der Waals surface area contributed by atoms with E-state index in [-0.39, 0.29) is 0 Å². The molecule has 0 heterocycles. The molecular formula is C11H24BrNO. The second kappa shape index (κ2) is 8.69. The summed E-state index contributed by atoms with van der Waals surface area (Å²) in [5.74, 6) is 0.634. The zero-order chi connectivity index (χ0) is 11.0. The number of alkyl halides is 1. The number of hydrogen-bond donors (Lipinski definition) is 1. The molecule has 86 valence electrons. The van der Waals surface area contributed by atoms with Crippen molar-refractivity contribution in [2.24, 2.45) is 5.92 Å². The van der Waals surface area contributed by atoms with Crippen LogP contribution < -0.4 is 5.32 Å². The van der Waals surface area contributed by atoms with E-state index >= 15 is 0 Å². The van der Waals surface area contributed by atoms with Crippen molar-refractivity contribution in [2.75, 3.05) is 19.8 Å². The molecule has 0 saturated carbocycles. The number of halogens is 1. The number of hydrogen-bond acceptors (Lipinski definition) is 2. The van der Waals surface area contributed by atoms with Crippen LogP contribution in [0, 0.1) is 5.92 Å². The second-order valence-electron chi connectivity index (χ2n) is 4.34. The summed E-state index contributed by atoms with van der Waals surface area (Å²) in [6, 6.07) is 0.562. The lowest BCUT2D eigenvalue weighted by Crippen LogP contribution is -2.31. The lowest BCUT2D eigenvalue weighted by molar-refractivity contribution is 0.110. The minimum absolute atomic E-state index is 0.562. The molecule has 0 fully saturated rings. The fourth-order valence-corrected chi connectivity index (χ4v) is 1.83. The summed E-state index contributed by atoms with van der Waals surface area (Å²) in [5, 5.41) is 3.43. The standard InChI is InChI=1S/C11H24BrNO/c1-9(2)8-14-6-5-13-11(4)7-10(3)12/h9-11,13H,5-8H2,1-4H3. The van der Waals surface area contributed by atoms with E-state index in [1.165, 1.54) is 0 Å². The smallest absolute Gasteiger partial charge is 0.0591 e. The van der Waals surface area contributed by atoms with Crippen LogP contribution in [0.5, 0.6) is 0 Å². The summed E-state index contributed by atoms with van der Waals surface area (Å²) < 4.78 is 5.48. The first-order valence-corrected chi connectivity index (χ1v) is 6.39. The summed E-state index contributed by atoms with van der Waals surface area (Å²) >= 11 is 3.55. The van der Waals surface area contributed by atoms with Gasteiger partial charge in [0.2, 0.25) is 0 Å². The summed E-state index contributed by atoms with van der Waals surface area (Å²) in [7, 11) is 0. The molecule has 0 saturated heterocycles. The minimum Gasteiger partial charge on any atom is -0.380 e. The second-order valence-corrected chi connectivity index (χ2v) is 5.90. The molecule has 2 unspecified atom stereocenters. The van der Waals surface area contributed by atoms with Crippen LogP contribution in [0.3, 0.4) is 0 Å². The first-order valence-electron chi connectivity index (χ1n) is 5.47. The summed E-state index contributed by atoms with van der Waals surface area (Å²) in [4.78, 5) is 0.585. The Kier molecular flexibility index (Phi) is 8.94. The van der Waals surface area contributed by atoms with Crippen LogP contribution in [0.2, 0.25) is 0 Å². The predicted molar refractivity (Wildman–Crippen MR) is 66.1 cm³/mol. The Bertz CT molecular complexity index is 128. The first-order chi connectivity index (χ1) is 6.52. The molecule has 0 aromatic heterocycles. The summed E-state index contributed by atoms with van der Waals surface area (Å²) in [6.45, 7) is 11.4. The maximum atomic E-state index is 5.48. The largest absolute Gasteiger partial charge is 0.380 e. The van der Waals surface area contributed by atoms with E-state index in [2.05, 4.69) is 48.9 Å². The molecule has 0 rings (SSSR count). The van der Waals surface area contributed by atoms with E-state index in [1.54, 1.807) is 0 Å². The summed E-state index contributed by atoms with van der Waals surface area (Å²) in [5.41, 5.74) is 0. The molecule has 0 aliphatic carbocycles. The van der Waals surface area contributed by atoms with Crippen LogP contribution in [0.15, 0.2) is 0 Å². The highest BCUT2D eigenvalue weighted by molar-refractivity contribution is 9.09. The molecule has 2 atom stereocenters. The van der Waals surface area contributed by atoms with Gasteiger partial charge in [-0.3, -0.25) is 0 Å². The van der Waals surface area contributed by atoms with Crippen LogP contribution in [0.1, 0.15) is 34.1 Å². The quantitative estimate of drug-likeness (QED) is 0.539. The van der Waals surface area contributed by atoms with E-state index in [4.69, 9.17) is 4.74 Å². The SMILES string of the molecule is CC(C)COCCNC(C)CC(C)Br. The molecule has 0 amide bonds. The topological polar surface area (TPSA) is 21.3 Å². The van der Waals surface area contributed by atoms with Crippen molar-refractivity contribution in [1.82, 2.24) is 5.32 Å². The Balaban J connectivity index is 3.19. The van der Waals surface area contributed by atoms with Crippen LogP contribution >= 0.6 is 15.9 Å². The lowest BCUT2D eigenvalue weighted by atomic mass is 10.2. The maximum absolute atomic E-state index is 5.48. The van der Waals surface area contributed by atoms with Crippen molar-refractivity contribution < 1.29 is 4.74 Å². The molecule has 14 heavy (non-hydrogen) atoms. The highest BCUT2D eigenvalue weighted by Gasteiger charge is 2.04. The zero-order valence-corrected chi connectivity index (χ0v) is 11.4. The molecule has 0 aliphatic heterocycles. The van der Waals surface area contributed by atoms with E-state index < -0.39 is 0 Å². The van der Waals surface area contributed by atoms with Gasteiger partial charge in [-0.15, -0.1) is 0 Å². The average molecular weight is 266 g/mol. The van der Waals surface area contributed by atoms with E-state index in [0.29, 0.717) is 16.8 Å². The third-order valence-electron chi connectivity index (χ3n) is 1.87. The normalized spacial score (nSPS) is 15.9. The number of ether oxygens (including phenoxy) is 1. The Morgan fingerprint density at radius 1 is 1.21 bits per heavy atom. The fourth-order valence-electron chi connectivity index (χ4n) is 1.27. The van der Waals surface area contributed by atoms with E-state index in [1.807, 2.05) is 0 Å². The Labute approximate surface area is 96.9 Å². The number of rotatable bonds is 8. The lowest BCUT2D eigenvalue weighted by Gasteiger charge is -2.15. The molecule has 0 radical (unpaired) electrons. The van der Waals surface area contributed by atoms with Gasteiger partial charge in [-0.1, -0.05) is 36.7 Å². The van der Waals surface area contributed by atoms with E-state index in [9.17, 15) is 0 Å².